The van der Waals surface area contributed by atoms with Crippen molar-refractivity contribution in [2.75, 3.05) is 6.61 Å². The number of carboxylic acid groups (broad SMARTS) is 1. The molecule has 0 saturated carbocycles. The van der Waals surface area contributed by atoms with Gasteiger partial charge in [0, 0.05) is 16.0 Å². The van der Waals surface area contributed by atoms with E-state index in [1.54, 1.807) is 26.0 Å². The molecule has 0 amide bonds. The van der Waals surface area contributed by atoms with E-state index in [0.717, 1.165) is 15.6 Å². The van der Waals surface area contributed by atoms with Crippen LogP contribution in [-0.4, -0.2) is 36.0 Å². The first-order chi connectivity index (χ1) is 15.0. The molecule has 32 heavy (non-hydrogen) atoms. The summed E-state index contributed by atoms with van der Waals surface area (Å²) in [6, 6.07) is 8.74. The highest BCUT2D eigenvalue weighted by molar-refractivity contribution is 9.12. The molecule has 0 aliphatic rings. The lowest BCUT2D eigenvalue weighted by Crippen LogP contribution is -2.20. The van der Waals surface area contributed by atoms with E-state index in [2.05, 4.69) is 15.9 Å². The Morgan fingerprint density at radius 2 is 1.81 bits per heavy atom. The zero-order valence-corrected chi connectivity index (χ0v) is 20.6. The molecule has 0 spiro atoms. The molecule has 1 heterocycles. The fourth-order valence-corrected chi connectivity index (χ4v) is 5.44. The number of carbonyl (C=O) groups excluding carboxylic acids is 1. The Labute approximate surface area is 202 Å². The summed E-state index contributed by atoms with van der Waals surface area (Å²) in [5.41, 5.74) is 0.407. The van der Waals surface area contributed by atoms with Gasteiger partial charge in [-0.15, -0.1) is 0 Å². The molecule has 7 nitrogen and oxygen atoms in total. The van der Waals surface area contributed by atoms with Crippen molar-refractivity contribution in [3.63, 3.8) is 0 Å². The number of rotatable bonds is 6. The van der Waals surface area contributed by atoms with Gasteiger partial charge < -0.3 is 9.84 Å². The molecule has 3 aromatic rings. The molecule has 168 valence electrons. The number of hydrogen-bond acceptors (Lipinski definition) is 5. The first-order valence-corrected chi connectivity index (χ1v) is 12.1. The van der Waals surface area contributed by atoms with Gasteiger partial charge >= 0.3 is 11.9 Å². The Bertz CT molecular complexity index is 1380. The van der Waals surface area contributed by atoms with E-state index in [-0.39, 0.29) is 42.5 Å². The molecule has 0 radical (unpaired) electrons. The van der Waals surface area contributed by atoms with Crippen LogP contribution in [0.5, 0.6) is 0 Å². The van der Waals surface area contributed by atoms with E-state index in [4.69, 9.17) is 27.9 Å². The van der Waals surface area contributed by atoms with Gasteiger partial charge in [0.25, 0.3) is 10.0 Å². The minimum atomic E-state index is -4.34. The van der Waals surface area contributed by atoms with E-state index >= 15 is 0 Å². The molecule has 11 heteroatoms. The first kappa shape index (κ1) is 24.3. The Hall–Kier alpha value is -2.33. The topological polar surface area (TPSA) is 103 Å². The van der Waals surface area contributed by atoms with Crippen molar-refractivity contribution in [1.82, 2.24) is 3.97 Å². The molecule has 1 N–H and O–H groups in total. The number of fused-ring (bicyclic) bond motifs is 1. The highest BCUT2D eigenvalue weighted by Crippen LogP contribution is 2.39. The van der Waals surface area contributed by atoms with Crippen LogP contribution in [0.25, 0.3) is 17.0 Å². The van der Waals surface area contributed by atoms with Gasteiger partial charge in [-0.3, -0.25) is 0 Å². The van der Waals surface area contributed by atoms with Gasteiger partial charge in [0.15, 0.2) is 5.69 Å². The summed E-state index contributed by atoms with van der Waals surface area (Å²) in [5, 5.41) is 9.62. The number of benzene rings is 2. The van der Waals surface area contributed by atoms with Crippen LogP contribution in [0.4, 0.5) is 0 Å². The molecule has 3 rings (SSSR count). The third kappa shape index (κ3) is 4.43. The lowest BCUT2D eigenvalue weighted by atomic mass is 10.1. The number of hydrogen-bond donors (Lipinski definition) is 1. The number of aliphatic carboxylic acids is 1. The smallest absolute Gasteiger partial charge is 0.356 e. The van der Waals surface area contributed by atoms with Gasteiger partial charge in [-0.25, -0.2) is 22.0 Å². The number of aryl methyl sites for hydroxylation is 1. The van der Waals surface area contributed by atoms with Crippen molar-refractivity contribution in [3.05, 3.63) is 67.7 Å². The second-order valence-electron chi connectivity index (χ2n) is 6.64. The largest absolute Gasteiger partial charge is 0.477 e. The van der Waals surface area contributed by atoms with Crippen LogP contribution in [0.1, 0.15) is 28.5 Å². The maximum Gasteiger partial charge on any atom is 0.356 e. The Balaban J connectivity index is 2.55. The van der Waals surface area contributed by atoms with Crippen LogP contribution in [0.15, 0.2) is 45.8 Å². The van der Waals surface area contributed by atoms with Crippen LogP contribution in [0.2, 0.25) is 10.0 Å². The van der Waals surface area contributed by atoms with E-state index in [1.807, 2.05) is 0 Å². The van der Waals surface area contributed by atoms with Gasteiger partial charge in [0.1, 0.15) is 4.48 Å². The van der Waals surface area contributed by atoms with E-state index < -0.39 is 27.7 Å². The Kier molecular flexibility index (Phi) is 7.04. The summed E-state index contributed by atoms with van der Waals surface area (Å²) in [7, 11) is -4.34. The maximum atomic E-state index is 13.7. The van der Waals surface area contributed by atoms with Crippen molar-refractivity contribution in [2.45, 2.75) is 18.7 Å². The van der Waals surface area contributed by atoms with Crippen molar-refractivity contribution in [2.24, 2.45) is 0 Å². The number of carbonyl (C=O) groups is 2. The van der Waals surface area contributed by atoms with E-state index in [9.17, 15) is 23.1 Å². The number of esters is 1. The third-order valence-corrected chi connectivity index (χ3v) is 7.30. The van der Waals surface area contributed by atoms with Crippen LogP contribution in [0, 0.1) is 6.92 Å². The zero-order chi connectivity index (χ0) is 23.8. The predicted molar refractivity (Wildman–Crippen MR) is 126 cm³/mol. The van der Waals surface area contributed by atoms with Gasteiger partial charge in [-0.05, 0) is 60.1 Å². The summed E-state index contributed by atoms with van der Waals surface area (Å²) in [4.78, 5) is 24.3. The fraction of sp³-hybridized carbons (Fsp3) is 0.143. The monoisotopic (exact) mass is 559 g/mol. The number of halogens is 3. The number of nitrogens with zero attached hydrogens (tertiary/aromatic N) is 1. The third-order valence-electron chi connectivity index (χ3n) is 4.48. The normalized spacial score (nSPS) is 12.2. The quantitative estimate of drug-likeness (QED) is 0.316. The van der Waals surface area contributed by atoms with Crippen molar-refractivity contribution in [1.29, 1.82) is 0 Å². The number of aromatic nitrogens is 1. The van der Waals surface area contributed by atoms with Crippen LogP contribution >= 0.6 is 39.1 Å². The highest BCUT2D eigenvalue weighted by Gasteiger charge is 2.32. The van der Waals surface area contributed by atoms with Gasteiger partial charge in [-0.1, -0.05) is 40.9 Å². The second kappa shape index (κ2) is 9.27. The average Bonchev–Trinajstić information content (AvgIpc) is 3.03. The van der Waals surface area contributed by atoms with Crippen molar-refractivity contribution in [3.8, 4) is 0 Å². The molecule has 0 aliphatic heterocycles. The van der Waals surface area contributed by atoms with Crippen molar-refractivity contribution >= 4 is 78.1 Å². The average molecular weight is 561 g/mol. The molecule has 0 saturated heterocycles. The van der Waals surface area contributed by atoms with E-state index in [0.29, 0.717) is 0 Å². The molecule has 0 fully saturated rings. The molecule has 0 unspecified atom stereocenters. The summed E-state index contributed by atoms with van der Waals surface area (Å²) in [5.74, 6) is -2.30. The molecule has 1 aromatic heterocycles. The van der Waals surface area contributed by atoms with Crippen LogP contribution in [0.3, 0.4) is 0 Å². The number of carboxylic acids is 1. The standard InChI is InChI=1S/C21H16BrCl2NO6S/c1-3-31-21(28)19-14(10-15(22)20(26)27)18-16(24)8-12(23)9-17(18)25(19)32(29,30)13-6-4-11(2)5-7-13/h4-10H,3H2,1-2H3,(H,26,27)/b15-10-. The number of ether oxygens (including phenoxy) is 1. The SMILES string of the molecule is CCOC(=O)c1c(/C=C(\Br)C(=O)O)c2c(Cl)cc(Cl)cc2n1S(=O)(=O)c1ccc(C)cc1. The minimum absolute atomic E-state index is 0.00284. The molecular weight excluding hydrogens is 545 g/mol. The Morgan fingerprint density at radius 3 is 2.38 bits per heavy atom. The van der Waals surface area contributed by atoms with Crippen molar-refractivity contribution < 1.29 is 27.9 Å². The fourth-order valence-electron chi connectivity index (χ4n) is 3.12. The molecular formula is C21H16BrCl2NO6S. The summed E-state index contributed by atoms with van der Waals surface area (Å²) in [6.07, 6.45) is 1.11. The lowest BCUT2D eigenvalue weighted by molar-refractivity contribution is -0.131. The predicted octanol–water partition coefficient (Wildman–Crippen LogP) is 5.49. The molecule has 0 atom stereocenters. The van der Waals surface area contributed by atoms with Gasteiger partial charge in [0.05, 0.1) is 22.0 Å². The summed E-state index contributed by atoms with van der Waals surface area (Å²) < 4.78 is 32.9. The van der Waals surface area contributed by atoms with E-state index in [1.165, 1.54) is 24.3 Å². The highest BCUT2D eigenvalue weighted by atomic mass is 79.9. The summed E-state index contributed by atoms with van der Waals surface area (Å²) in [6.45, 7) is 3.33. The van der Waals surface area contributed by atoms with Crippen LogP contribution < -0.4 is 0 Å². The molecule has 0 aliphatic carbocycles. The first-order valence-electron chi connectivity index (χ1n) is 9.12. The van der Waals surface area contributed by atoms with Gasteiger partial charge in [0.2, 0.25) is 0 Å². The lowest BCUT2D eigenvalue weighted by Gasteiger charge is -2.12. The minimum Gasteiger partial charge on any atom is -0.477 e. The summed E-state index contributed by atoms with van der Waals surface area (Å²) >= 11 is 15.4. The Morgan fingerprint density at radius 1 is 1.19 bits per heavy atom. The maximum absolute atomic E-state index is 13.7. The molecule has 0 bridgehead atoms. The zero-order valence-electron chi connectivity index (χ0n) is 16.7. The second-order valence-corrected chi connectivity index (χ2v) is 10.1. The van der Waals surface area contributed by atoms with Gasteiger partial charge in [-0.2, -0.15) is 0 Å². The van der Waals surface area contributed by atoms with Crippen LogP contribution in [-0.2, 0) is 19.6 Å². The molecule has 2 aromatic carbocycles.